The minimum atomic E-state index is -4.73. The van der Waals surface area contributed by atoms with E-state index in [1.807, 2.05) is 0 Å². The minimum Gasteiger partial charge on any atom is -0.469 e. The quantitative estimate of drug-likeness (QED) is 0.194. The Morgan fingerprint density at radius 2 is 1.58 bits per heavy atom. The number of halogens is 6. The summed E-state index contributed by atoms with van der Waals surface area (Å²) in [5.41, 5.74) is -1.47. The fraction of sp³-hybridized carbons (Fsp3) is 0.182. The standard InChI is InChI=1S/C22H17F6N5O3/c1-36-18(34)10-12-2-8-15(9-3-12)29-20(30-17-11-16(32-33-17)22(26,27)28)31-19(35)13-4-6-14(7-5-13)21(23,24)25/h2-9,11H,10H2,1H3,(H3,29,30,31,32,33,35). The average Bonchev–Trinajstić information content (AvgIpc) is 3.29. The highest BCUT2D eigenvalue weighted by atomic mass is 19.4. The molecule has 0 aliphatic heterocycles. The lowest BCUT2D eigenvalue weighted by Crippen LogP contribution is -2.24. The molecule has 14 heteroatoms. The maximum Gasteiger partial charge on any atom is 0.435 e. The molecule has 0 saturated heterocycles. The maximum absolute atomic E-state index is 12.9. The van der Waals surface area contributed by atoms with Crippen molar-refractivity contribution in [2.45, 2.75) is 18.8 Å². The van der Waals surface area contributed by atoms with E-state index in [4.69, 9.17) is 0 Å². The number of carbonyl (C=O) groups is 2. The monoisotopic (exact) mass is 513 g/mol. The van der Waals surface area contributed by atoms with Crippen LogP contribution in [0, 0.1) is 0 Å². The molecule has 1 amide bonds. The number of nitrogens with one attached hydrogen (secondary N) is 3. The molecule has 0 spiro atoms. The molecule has 0 radical (unpaired) electrons. The molecule has 36 heavy (non-hydrogen) atoms. The van der Waals surface area contributed by atoms with Crippen LogP contribution in [0.3, 0.4) is 0 Å². The first kappa shape index (κ1) is 26.2. The van der Waals surface area contributed by atoms with Crippen molar-refractivity contribution >= 4 is 29.3 Å². The van der Waals surface area contributed by atoms with Gasteiger partial charge < -0.3 is 15.4 Å². The lowest BCUT2D eigenvalue weighted by Gasteiger charge is -2.12. The summed E-state index contributed by atoms with van der Waals surface area (Å²) in [6.07, 6.45) is -9.33. The molecule has 190 valence electrons. The molecule has 0 unspecified atom stereocenters. The van der Waals surface area contributed by atoms with E-state index in [2.05, 4.69) is 30.6 Å². The number of hydrogen-bond acceptors (Lipinski definition) is 4. The van der Waals surface area contributed by atoms with E-state index in [1.54, 1.807) is 12.1 Å². The van der Waals surface area contributed by atoms with Crippen LogP contribution in [-0.2, 0) is 28.3 Å². The molecule has 0 atom stereocenters. The molecule has 0 fully saturated rings. The second-order valence-corrected chi connectivity index (χ2v) is 7.21. The van der Waals surface area contributed by atoms with Crippen molar-refractivity contribution < 1.29 is 40.7 Å². The first-order valence-corrected chi connectivity index (χ1v) is 9.98. The normalized spacial score (nSPS) is 12.2. The Morgan fingerprint density at radius 1 is 0.944 bits per heavy atom. The maximum atomic E-state index is 12.9. The molecule has 3 aromatic rings. The lowest BCUT2D eigenvalue weighted by molar-refractivity contribution is -0.141. The molecule has 1 aromatic heterocycles. The first-order chi connectivity index (χ1) is 16.8. The third kappa shape index (κ3) is 7.07. The average molecular weight is 513 g/mol. The number of methoxy groups -OCH3 is 1. The lowest BCUT2D eigenvalue weighted by atomic mass is 10.1. The molecule has 3 N–H and O–H groups in total. The topological polar surface area (TPSA) is 108 Å². The van der Waals surface area contributed by atoms with Crippen molar-refractivity contribution in [3.05, 3.63) is 77.0 Å². The third-order valence-corrected chi connectivity index (χ3v) is 4.59. The molecule has 3 rings (SSSR count). The van der Waals surface area contributed by atoms with Crippen molar-refractivity contribution in [1.29, 1.82) is 0 Å². The van der Waals surface area contributed by atoms with Gasteiger partial charge in [0.25, 0.3) is 5.91 Å². The van der Waals surface area contributed by atoms with Gasteiger partial charge in [-0.15, -0.1) is 0 Å². The van der Waals surface area contributed by atoms with Gasteiger partial charge in [0.1, 0.15) is 5.82 Å². The molecule has 2 aromatic carbocycles. The van der Waals surface area contributed by atoms with Crippen molar-refractivity contribution in [3.8, 4) is 0 Å². The number of carbonyl (C=O) groups excluding carboxylic acids is 2. The highest BCUT2D eigenvalue weighted by Gasteiger charge is 2.34. The second kappa shape index (κ2) is 10.5. The Balaban J connectivity index is 1.86. The van der Waals surface area contributed by atoms with E-state index in [1.165, 1.54) is 19.2 Å². The van der Waals surface area contributed by atoms with Gasteiger partial charge in [0.2, 0.25) is 5.96 Å². The van der Waals surface area contributed by atoms with Crippen LogP contribution in [0.5, 0.6) is 0 Å². The van der Waals surface area contributed by atoms with Gasteiger partial charge >= 0.3 is 18.3 Å². The van der Waals surface area contributed by atoms with Crippen LogP contribution in [-0.4, -0.2) is 35.1 Å². The van der Waals surface area contributed by atoms with Crippen molar-refractivity contribution in [3.63, 3.8) is 0 Å². The highest BCUT2D eigenvalue weighted by molar-refractivity contribution is 6.11. The Labute approximate surface area is 199 Å². The zero-order chi connectivity index (χ0) is 26.5. The van der Waals surface area contributed by atoms with E-state index >= 15 is 0 Å². The summed E-state index contributed by atoms with van der Waals surface area (Å²) >= 11 is 0. The number of amides is 1. The number of aromatic amines is 1. The second-order valence-electron chi connectivity index (χ2n) is 7.21. The molecular formula is C22H17F6N5O3. The van der Waals surface area contributed by atoms with Crippen LogP contribution in [0.25, 0.3) is 0 Å². The first-order valence-electron chi connectivity index (χ1n) is 9.98. The number of anilines is 2. The fourth-order valence-corrected chi connectivity index (χ4v) is 2.80. The van der Waals surface area contributed by atoms with Crippen LogP contribution in [0.4, 0.5) is 37.8 Å². The van der Waals surface area contributed by atoms with Gasteiger partial charge in [0.05, 0.1) is 19.1 Å². The number of nitrogens with zero attached hydrogens (tertiary/aromatic N) is 2. The molecule has 8 nitrogen and oxygen atoms in total. The van der Waals surface area contributed by atoms with Crippen LogP contribution in [0.15, 0.2) is 59.6 Å². The Kier molecular flexibility index (Phi) is 7.65. The van der Waals surface area contributed by atoms with Gasteiger partial charge in [-0.3, -0.25) is 14.7 Å². The number of aromatic nitrogens is 2. The number of rotatable bonds is 5. The number of guanidine groups is 1. The summed E-state index contributed by atoms with van der Waals surface area (Å²) in [6.45, 7) is 0. The molecule has 0 aliphatic rings. The Morgan fingerprint density at radius 3 is 2.11 bits per heavy atom. The van der Waals surface area contributed by atoms with Gasteiger partial charge in [-0.2, -0.15) is 36.4 Å². The van der Waals surface area contributed by atoms with Gasteiger partial charge in [-0.25, -0.2) is 0 Å². The van der Waals surface area contributed by atoms with Crippen molar-refractivity contribution in [2.24, 2.45) is 4.99 Å². The van der Waals surface area contributed by atoms with Gasteiger partial charge in [-0.1, -0.05) is 12.1 Å². The summed E-state index contributed by atoms with van der Waals surface area (Å²) in [6, 6.07) is 10.0. The zero-order valence-corrected chi connectivity index (χ0v) is 18.3. The highest BCUT2D eigenvalue weighted by Crippen LogP contribution is 2.30. The summed E-state index contributed by atoms with van der Waals surface area (Å²) in [5.74, 6) is -2.06. The Hall–Kier alpha value is -4.36. The fourth-order valence-electron chi connectivity index (χ4n) is 2.80. The number of alkyl halides is 6. The molecule has 0 aliphatic carbocycles. The van der Waals surface area contributed by atoms with Crippen LogP contribution < -0.4 is 10.6 Å². The molecule has 1 heterocycles. The van der Waals surface area contributed by atoms with Crippen molar-refractivity contribution in [2.75, 3.05) is 17.7 Å². The van der Waals surface area contributed by atoms with Gasteiger partial charge in [0, 0.05) is 17.3 Å². The SMILES string of the molecule is COC(=O)Cc1ccc(N/C(=N/C(=O)c2ccc(C(F)(F)F)cc2)Nc2cc(C(F)(F)F)n[nH]2)cc1. The summed E-state index contributed by atoms with van der Waals surface area (Å²) in [4.78, 5) is 27.7. The third-order valence-electron chi connectivity index (χ3n) is 4.59. The molecule has 0 bridgehead atoms. The number of aliphatic imine (C=N–C) groups is 1. The van der Waals surface area contributed by atoms with E-state index in [0.717, 1.165) is 12.1 Å². The van der Waals surface area contributed by atoms with Gasteiger partial charge in [-0.05, 0) is 42.0 Å². The minimum absolute atomic E-state index is 0.00323. The Bertz CT molecular complexity index is 1250. The number of hydrogen-bond donors (Lipinski definition) is 3. The summed E-state index contributed by atoms with van der Waals surface area (Å²) in [7, 11) is 1.24. The predicted molar refractivity (Wildman–Crippen MR) is 116 cm³/mol. The number of ether oxygens (including phenoxy) is 1. The van der Waals surface area contributed by atoms with Crippen molar-refractivity contribution in [1.82, 2.24) is 10.2 Å². The predicted octanol–water partition coefficient (Wildman–Crippen LogP) is 4.88. The summed E-state index contributed by atoms with van der Waals surface area (Å²) < 4.78 is 81.5. The van der Waals surface area contributed by atoms with Crippen LogP contribution in [0.2, 0.25) is 0 Å². The van der Waals surface area contributed by atoms with E-state index < -0.39 is 35.5 Å². The number of esters is 1. The van der Waals surface area contributed by atoms with Gasteiger partial charge in [0.15, 0.2) is 5.69 Å². The van der Waals surface area contributed by atoms with E-state index in [9.17, 15) is 35.9 Å². The largest absolute Gasteiger partial charge is 0.469 e. The van der Waals surface area contributed by atoms with E-state index in [0.29, 0.717) is 29.4 Å². The number of benzene rings is 2. The van der Waals surface area contributed by atoms with Crippen LogP contribution >= 0.6 is 0 Å². The van der Waals surface area contributed by atoms with Crippen LogP contribution in [0.1, 0.15) is 27.2 Å². The summed E-state index contributed by atoms with van der Waals surface area (Å²) in [5, 5.41) is 10.4. The molecule has 0 saturated carbocycles. The smallest absolute Gasteiger partial charge is 0.435 e. The molecular weight excluding hydrogens is 496 g/mol. The van der Waals surface area contributed by atoms with E-state index in [-0.39, 0.29) is 23.8 Å². The number of H-pyrrole nitrogens is 1. The zero-order valence-electron chi connectivity index (χ0n) is 18.3.